The zero-order valence-electron chi connectivity index (χ0n) is 10.4. The molecule has 0 spiro atoms. The first-order valence-corrected chi connectivity index (χ1v) is 5.87. The first kappa shape index (κ1) is 14.8. The molecule has 1 N–H and O–H groups in total. The van der Waals surface area contributed by atoms with Crippen molar-refractivity contribution in [1.82, 2.24) is 4.90 Å². The lowest BCUT2D eigenvalue weighted by Crippen LogP contribution is -2.28. The van der Waals surface area contributed by atoms with E-state index < -0.39 is 0 Å². The lowest BCUT2D eigenvalue weighted by Gasteiger charge is -2.26. The van der Waals surface area contributed by atoms with Crippen LogP contribution in [0.25, 0.3) is 6.08 Å². The quantitative estimate of drug-likeness (QED) is 0.834. The minimum atomic E-state index is 0. The fourth-order valence-corrected chi connectivity index (χ4v) is 1.83. The summed E-state index contributed by atoms with van der Waals surface area (Å²) in [5.41, 5.74) is 1.10. The molecule has 96 valence electrons. The van der Waals surface area contributed by atoms with Gasteiger partial charge in [0.25, 0.3) is 0 Å². The number of aromatic hydroxyl groups is 1. The van der Waals surface area contributed by atoms with Gasteiger partial charge in [-0.25, -0.2) is 0 Å². The van der Waals surface area contributed by atoms with Crippen molar-refractivity contribution in [2.45, 2.75) is 13.0 Å². The summed E-state index contributed by atoms with van der Waals surface area (Å²) in [5.74, 6) is 0.304. The van der Waals surface area contributed by atoms with E-state index in [1.54, 1.807) is 12.1 Å². The molecule has 0 aliphatic carbocycles. The van der Waals surface area contributed by atoms with Gasteiger partial charge in [0.1, 0.15) is 5.75 Å². The summed E-state index contributed by atoms with van der Waals surface area (Å²) in [7, 11) is 0. The number of likely N-dealkylation sites (N-methyl/N-ethyl adjacent to an activating group) is 1. The van der Waals surface area contributed by atoms with Gasteiger partial charge in [0.2, 0.25) is 0 Å². The van der Waals surface area contributed by atoms with E-state index in [2.05, 4.69) is 42.3 Å². The molecular weight excluding hydrogens is 337 g/mol. The van der Waals surface area contributed by atoms with Crippen molar-refractivity contribution in [2.75, 3.05) is 6.54 Å². The standard InChI is InChI=1S/C15H17NO.HI/c1-2-16-12-4-3-5-14(16)9-6-13-7-10-15(17)11-8-13;/h3-12,14,17H,2H2,1H3;1H/b9-6+;. The average Bonchev–Trinajstić information content (AvgIpc) is 2.38. The fraction of sp³-hybridized carbons (Fsp3) is 0.200. The molecule has 2 rings (SSSR count). The predicted octanol–water partition coefficient (Wildman–Crippen LogP) is 3.80. The van der Waals surface area contributed by atoms with Crippen LogP contribution in [0.3, 0.4) is 0 Å². The topological polar surface area (TPSA) is 23.5 Å². The normalized spacial score (nSPS) is 18.1. The number of hydrogen-bond donors (Lipinski definition) is 1. The Labute approximate surface area is 125 Å². The second kappa shape index (κ2) is 7.26. The zero-order chi connectivity index (χ0) is 12.1. The maximum atomic E-state index is 9.20. The Bertz CT molecular complexity index is 448. The summed E-state index contributed by atoms with van der Waals surface area (Å²) in [4.78, 5) is 2.26. The number of hydrogen-bond acceptors (Lipinski definition) is 2. The Morgan fingerprint density at radius 1 is 1.22 bits per heavy atom. The number of phenolic OH excluding ortho intramolecular Hbond substituents is 1. The molecule has 1 aliphatic heterocycles. The molecule has 2 nitrogen and oxygen atoms in total. The molecule has 0 fully saturated rings. The van der Waals surface area contributed by atoms with Crippen LogP contribution in [0.1, 0.15) is 12.5 Å². The monoisotopic (exact) mass is 355 g/mol. The zero-order valence-corrected chi connectivity index (χ0v) is 12.7. The summed E-state index contributed by atoms with van der Waals surface area (Å²) in [6.07, 6.45) is 12.6. The van der Waals surface area contributed by atoms with E-state index in [1.807, 2.05) is 18.2 Å². The molecule has 1 unspecified atom stereocenters. The number of halogens is 1. The number of phenols is 1. The third kappa shape index (κ3) is 3.91. The number of benzene rings is 1. The summed E-state index contributed by atoms with van der Waals surface area (Å²) in [6, 6.07) is 7.54. The molecule has 18 heavy (non-hydrogen) atoms. The lowest BCUT2D eigenvalue weighted by molar-refractivity contribution is 0.376. The van der Waals surface area contributed by atoms with Gasteiger partial charge in [-0.3, -0.25) is 0 Å². The highest BCUT2D eigenvalue weighted by Gasteiger charge is 2.08. The van der Waals surface area contributed by atoms with Crippen molar-refractivity contribution >= 4 is 30.1 Å². The third-order valence-corrected chi connectivity index (χ3v) is 2.82. The highest BCUT2D eigenvalue weighted by molar-refractivity contribution is 14.0. The maximum absolute atomic E-state index is 9.20. The number of allylic oxidation sites excluding steroid dienone is 2. The first-order valence-electron chi connectivity index (χ1n) is 5.87. The Balaban J connectivity index is 0.00000162. The van der Waals surface area contributed by atoms with Crippen LogP contribution in [0, 0.1) is 0 Å². The van der Waals surface area contributed by atoms with Crippen LogP contribution in [0.15, 0.2) is 54.8 Å². The third-order valence-electron chi connectivity index (χ3n) is 2.82. The molecule has 0 bridgehead atoms. The van der Waals surface area contributed by atoms with Crippen LogP contribution in [0.2, 0.25) is 0 Å². The van der Waals surface area contributed by atoms with Crippen LogP contribution >= 0.6 is 24.0 Å². The molecule has 0 radical (unpaired) electrons. The van der Waals surface area contributed by atoms with E-state index in [0.717, 1.165) is 12.1 Å². The van der Waals surface area contributed by atoms with Crippen molar-refractivity contribution in [1.29, 1.82) is 0 Å². The molecular formula is C15H18INO. The molecule has 0 aromatic heterocycles. The van der Waals surface area contributed by atoms with Crippen molar-refractivity contribution in [3.63, 3.8) is 0 Å². The van der Waals surface area contributed by atoms with Gasteiger partial charge < -0.3 is 10.0 Å². The van der Waals surface area contributed by atoms with Gasteiger partial charge in [0, 0.05) is 6.54 Å². The van der Waals surface area contributed by atoms with Crippen LogP contribution in [0.5, 0.6) is 5.75 Å². The molecule has 0 saturated heterocycles. The van der Waals surface area contributed by atoms with Gasteiger partial charge in [-0.05, 0) is 36.9 Å². The molecule has 1 heterocycles. The molecule has 1 aromatic carbocycles. The molecule has 0 amide bonds. The SMILES string of the molecule is CCN1C=CC=CC1/C=C/c1ccc(O)cc1.I. The van der Waals surface area contributed by atoms with Gasteiger partial charge >= 0.3 is 0 Å². The van der Waals surface area contributed by atoms with Gasteiger partial charge in [-0.2, -0.15) is 0 Å². The molecule has 3 heteroatoms. The van der Waals surface area contributed by atoms with Gasteiger partial charge in [0.15, 0.2) is 0 Å². The Hall–Kier alpha value is -1.23. The molecule has 1 aliphatic rings. The van der Waals surface area contributed by atoms with Crippen molar-refractivity contribution in [3.05, 3.63) is 60.3 Å². The number of rotatable bonds is 3. The molecule has 0 saturated carbocycles. The van der Waals surface area contributed by atoms with Gasteiger partial charge in [-0.15, -0.1) is 24.0 Å². The Kier molecular flexibility index (Phi) is 5.98. The average molecular weight is 355 g/mol. The maximum Gasteiger partial charge on any atom is 0.115 e. The van der Waals surface area contributed by atoms with E-state index >= 15 is 0 Å². The first-order chi connectivity index (χ1) is 8.29. The second-order valence-electron chi connectivity index (χ2n) is 4.00. The van der Waals surface area contributed by atoms with E-state index in [4.69, 9.17) is 0 Å². The highest BCUT2D eigenvalue weighted by atomic mass is 127. The summed E-state index contributed by atoms with van der Waals surface area (Å²) in [6.45, 7) is 3.14. The van der Waals surface area contributed by atoms with Crippen LogP contribution in [-0.2, 0) is 0 Å². The molecule has 1 aromatic rings. The summed E-state index contributed by atoms with van der Waals surface area (Å²) < 4.78 is 0. The van der Waals surface area contributed by atoms with E-state index in [-0.39, 0.29) is 24.0 Å². The van der Waals surface area contributed by atoms with Crippen molar-refractivity contribution < 1.29 is 5.11 Å². The van der Waals surface area contributed by atoms with E-state index in [0.29, 0.717) is 11.8 Å². The second-order valence-corrected chi connectivity index (χ2v) is 4.00. The van der Waals surface area contributed by atoms with Gasteiger partial charge in [0.05, 0.1) is 6.04 Å². The van der Waals surface area contributed by atoms with Crippen molar-refractivity contribution in [3.8, 4) is 5.75 Å². The highest BCUT2D eigenvalue weighted by Crippen LogP contribution is 2.14. The van der Waals surface area contributed by atoms with Crippen LogP contribution in [0.4, 0.5) is 0 Å². The summed E-state index contributed by atoms with van der Waals surface area (Å²) in [5, 5.41) is 9.20. The van der Waals surface area contributed by atoms with Gasteiger partial charge in [-0.1, -0.05) is 36.4 Å². The van der Waals surface area contributed by atoms with Crippen LogP contribution < -0.4 is 0 Å². The van der Waals surface area contributed by atoms with E-state index in [9.17, 15) is 5.11 Å². The summed E-state index contributed by atoms with van der Waals surface area (Å²) >= 11 is 0. The Morgan fingerprint density at radius 3 is 2.61 bits per heavy atom. The predicted molar refractivity (Wildman–Crippen MR) is 87.0 cm³/mol. The minimum Gasteiger partial charge on any atom is -0.508 e. The Morgan fingerprint density at radius 2 is 1.94 bits per heavy atom. The van der Waals surface area contributed by atoms with Crippen molar-refractivity contribution in [2.24, 2.45) is 0 Å². The van der Waals surface area contributed by atoms with E-state index in [1.165, 1.54) is 0 Å². The largest absolute Gasteiger partial charge is 0.508 e. The smallest absolute Gasteiger partial charge is 0.115 e. The number of nitrogens with zero attached hydrogens (tertiary/aromatic N) is 1. The fourth-order valence-electron chi connectivity index (χ4n) is 1.83. The minimum absolute atomic E-state index is 0. The van der Waals surface area contributed by atoms with Crippen LogP contribution in [-0.4, -0.2) is 22.6 Å². The lowest BCUT2D eigenvalue weighted by atomic mass is 10.1. The molecule has 1 atom stereocenters.